The van der Waals surface area contributed by atoms with Crippen molar-refractivity contribution < 1.29 is 23.8 Å². The molecule has 0 aromatic heterocycles. The predicted molar refractivity (Wildman–Crippen MR) is 152 cm³/mol. The number of nitrogens with one attached hydrogen (secondary N) is 1. The molecule has 0 atom stereocenters. The minimum absolute atomic E-state index is 0.176. The summed E-state index contributed by atoms with van der Waals surface area (Å²) >= 11 is 0. The van der Waals surface area contributed by atoms with Crippen molar-refractivity contribution in [1.29, 1.82) is 0 Å². The second-order valence-corrected chi connectivity index (χ2v) is 8.77. The van der Waals surface area contributed by atoms with E-state index in [1.165, 1.54) is 20.4 Å². The molecule has 0 spiro atoms. The highest BCUT2D eigenvalue weighted by Crippen LogP contribution is 2.30. The Morgan fingerprint density at radius 2 is 1.41 bits per heavy atom. The number of esters is 1. The first-order chi connectivity index (χ1) is 19.1. The summed E-state index contributed by atoms with van der Waals surface area (Å²) in [6, 6.07) is 29.9. The molecule has 7 nitrogen and oxygen atoms in total. The average Bonchev–Trinajstić information content (AvgIpc) is 2.97. The third kappa shape index (κ3) is 5.57. The maximum absolute atomic E-state index is 13.0. The summed E-state index contributed by atoms with van der Waals surface area (Å²) in [5, 5.41) is 8.06. The van der Waals surface area contributed by atoms with Crippen LogP contribution in [0.1, 0.15) is 21.5 Å². The van der Waals surface area contributed by atoms with Crippen LogP contribution >= 0.6 is 0 Å². The molecular formula is C32H26N2O5. The molecule has 1 N–H and O–H groups in total. The van der Waals surface area contributed by atoms with Gasteiger partial charge in [-0.05, 0) is 51.4 Å². The monoisotopic (exact) mass is 518 g/mol. The number of fused-ring (bicyclic) bond motifs is 2. The van der Waals surface area contributed by atoms with Crippen molar-refractivity contribution in [3.8, 4) is 17.2 Å². The van der Waals surface area contributed by atoms with Crippen molar-refractivity contribution in [1.82, 2.24) is 5.43 Å². The number of hydrazone groups is 1. The first-order valence-corrected chi connectivity index (χ1v) is 12.3. The molecule has 5 rings (SSSR count). The van der Waals surface area contributed by atoms with Crippen molar-refractivity contribution in [2.75, 3.05) is 14.2 Å². The summed E-state index contributed by atoms with van der Waals surface area (Å²) in [6.07, 6.45) is 1.68. The van der Waals surface area contributed by atoms with Crippen molar-refractivity contribution in [3.63, 3.8) is 0 Å². The second kappa shape index (κ2) is 11.5. The normalized spacial score (nSPS) is 11.0. The minimum Gasteiger partial charge on any atom is -0.493 e. The van der Waals surface area contributed by atoms with Crippen molar-refractivity contribution in [3.05, 3.63) is 114 Å². The van der Waals surface area contributed by atoms with E-state index in [0.717, 1.165) is 27.1 Å². The van der Waals surface area contributed by atoms with Gasteiger partial charge in [-0.3, -0.25) is 4.79 Å². The first kappa shape index (κ1) is 25.5. The van der Waals surface area contributed by atoms with Crippen LogP contribution in [-0.2, 0) is 11.2 Å². The van der Waals surface area contributed by atoms with E-state index in [4.69, 9.17) is 14.2 Å². The fourth-order valence-electron chi connectivity index (χ4n) is 4.45. The molecule has 0 unspecified atom stereocenters. The Bertz CT molecular complexity index is 1710. The van der Waals surface area contributed by atoms with E-state index >= 15 is 0 Å². The zero-order valence-electron chi connectivity index (χ0n) is 21.5. The Morgan fingerprint density at radius 1 is 0.744 bits per heavy atom. The van der Waals surface area contributed by atoms with Gasteiger partial charge in [-0.15, -0.1) is 0 Å². The molecule has 0 bridgehead atoms. The smallest absolute Gasteiger partial charge is 0.343 e. The highest BCUT2D eigenvalue weighted by atomic mass is 16.5. The maximum Gasteiger partial charge on any atom is 0.343 e. The summed E-state index contributed by atoms with van der Waals surface area (Å²) in [6.45, 7) is 0. The number of hydrogen-bond acceptors (Lipinski definition) is 6. The SMILES string of the molecule is COc1ccc(C(=O)Oc2ccc3ccccc3c2/C=N\NC(=O)Cc2cccc3ccccc23)cc1OC. The molecule has 1 amide bonds. The van der Waals surface area contributed by atoms with Gasteiger partial charge in [-0.2, -0.15) is 5.10 Å². The summed E-state index contributed by atoms with van der Waals surface area (Å²) in [5.41, 5.74) is 4.38. The largest absolute Gasteiger partial charge is 0.493 e. The van der Waals surface area contributed by atoms with Gasteiger partial charge in [0.1, 0.15) is 5.75 Å². The molecule has 0 saturated carbocycles. The lowest BCUT2D eigenvalue weighted by molar-refractivity contribution is -0.120. The van der Waals surface area contributed by atoms with E-state index in [1.807, 2.05) is 72.8 Å². The Morgan fingerprint density at radius 3 is 2.18 bits per heavy atom. The number of nitrogens with zero attached hydrogens (tertiary/aromatic N) is 1. The van der Waals surface area contributed by atoms with E-state index in [9.17, 15) is 9.59 Å². The van der Waals surface area contributed by atoms with E-state index in [2.05, 4.69) is 10.5 Å². The van der Waals surface area contributed by atoms with Gasteiger partial charge in [0.2, 0.25) is 5.91 Å². The minimum atomic E-state index is -0.569. The predicted octanol–water partition coefficient (Wildman–Crippen LogP) is 5.92. The third-order valence-electron chi connectivity index (χ3n) is 6.37. The van der Waals surface area contributed by atoms with Crippen LogP contribution < -0.4 is 19.6 Å². The molecule has 5 aromatic rings. The lowest BCUT2D eigenvalue weighted by atomic mass is 10.0. The molecule has 0 fully saturated rings. The Labute approximate surface area is 225 Å². The molecule has 0 saturated heterocycles. The highest BCUT2D eigenvalue weighted by Gasteiger charge is 2.16. The molecule has 0 aliphatic rings. The van der Waals surface area contributed by atoms with Gasteiger partial charge in [0, 0.05) is 5.56 Å². The number of rotatable bonds is 8. The van der Waals surface area contributed by atoms with Crippen molar-refractivity contribution in [2.24, 2.45) is 5.10 Å². The van der Waals surface area contributed by atoms with Crippen LogP contribution in [0.4, 0.5) is 0 Å². The van der Waals surface area contributed by atoms with Crippen LogP contribution in [0.5, 0.6) is 17.2 Å². The number of methoxy groups -OCH3 is 2. The number of carbonyl (C=O) groups is 2. The van der Waals surface area contributed by atoms with Crippen LogP contribution in [0.25, 0.3) is 21.5 Å². The summed E-state index contributed by atoms with van der Waals surface area (Å²) < 4.78 is 16.3. The van der Waals surface area contributed by atoms with Crippen LogP contribution in [0.15, 0.2) is 102 Å². The quantitative estimate of drug-likeness (QED) is 0.119. The highest BCUT2D eigenvalue weighted by molar-refractivity contribution is 6.04. The van der Waals surface area contributed by atoms with Gasteiger partial charge in [-0.1, -0.05) is 72.8 Å². The maximum atomic E-state index is 13.0. The number of benzene rings is 5. The Kier molecular flexibility index (Phi) is 7.50. The fourth-order valence-corrected chi connectivity index (χ4v) is 4.45. The molecule has 0 heterocycles. The number of ether oxygens (including phenoxy) is 3. The summed E-state index contributed by atoms with van der Waals surface area (Å²) in [5.74, 6) is 0.404. The fraction of sp³-hybridized carbons (Fsp3) is 0.0938. The topological polar surface area (TPSA) is 86.2 Å². The molecule has 7 heteroatoms. The number of hydrogen-bond donors (Lipinski definition) is 1. The van der Waals surface area contributed by atoms with Gasteiger partial charge in [0.25, 0.3) is 0 Å². The lowest BCUT2D eigenvalue weighted by Gasteiger charge is -2.12. The molecular weight excluding hydrogens is 492 g/mol. The molecule has 0 aliphatic heterocycles. The Balaban J connectivity index is 1.38. The molecule has 194 valence electrons. The van der Waals surface area contributed by atoms with Crippen molar-refractivity contribution >= 4 is 39.6 Å². The van der Waals surface area contributed by atoms with Gasteiger partial charge in [0.15, 0.2) is 11.5 Å². The zero-order chi connectivity index (χ0) is 27.2. The van der Waals surface area contributed by atoms with Crippen LogP contribution in [0.3, 0.4) is 0 Å². The summed E-state index contributed by atoms with van der Waals surface area (Å²) in [4.78, 5) is 25.8. The van der Waals surface area contributed by atoms with Crippen LogP contribution in [-0.4, -0.2) is 32.3 Å². The standard InChI is InChI=1S/C32H26N2O5/c1-37-29-17-15-24(18-30(29)38-2)32(36)39-28-16-14-22-9-4-6-13-26(22)27(28)20-33-34-31(35)19-23-11-7-10-21-8-3-5-12-25(21)23/h3-18,20H,19H2,1-2H3,(H,34,35)/b33-20-. The molecule has 0 radical (unpaired) electrons. The first-order valence-electron chi connectivity index (χ1n) is 12.3. The molecule has 5 aromatic carbocycles. The lowest BCUT2D eigenvalue weighted by Crippen LogP contribution is -2.20. The zero-order valence-corrected chi connectivity index (χ0v) is 21.5. The molecule has 39 heavy (non-hydrogen) atoms. The van der Waals surface area contributed by atoms with E-state index in [-0.39, 0.29) is 12.3 Å². The van der Waals surface area contributed by atoms with Gasteiger partial charge in [-0.25, -0.2) is 10.2 Å². The van der Waals surface area contributed by atoms with Gasteiger partial charge < -0.3 is 14.2 Å². The van der Waals surface area contributed by atoms with Gasteiger partial charge in [0.05, 0.1) is 32.4 Å². The van der Waals surface area contributed by atoms with Crippen LogP contribution in [0, 0.1) is 0 Å². The van der Waals surface area contributed by atoms with E-state index < -0.39 is 5.97 Å². The van der Waals surface area contributed by atoms with Crippen molar-refractivity contribution in [2.45, 2.75) is 6.42 Å². The number of amides is 1. The van der Waals surface area contributed by atoms with Crippen LogP contribution in [0.2, 0.25) is 0 Å². The summed E-state index contributed by atoms with van der Waals surface area (Å²) in [7, 11) is 3.02. The third-order valence-corrected chi connectivity index (χ3v) is 6.37. The van der Waals surface area contributed by atoms with E-state index in [1.54, 1.807) is 24.3 Å². The second-order valence-electron chi connectivity index (χ2n) is 8.77. The Hall–Kier alpha value is -5.17. The average molecular weight is 519 g/mol. The van der Waals surface area contributed by atoms with Gasteiger partial charge >= 0.3 is 5.97 Å². The molecule has 0 aliphatic carbocycles. The number of carbonyl (C=O) groups excluding carboxylic acids is 2. The van der Waals surface area contributed by atoms with E-state index in [0.29, 0.717) is 28.4 Å².